The summed E-state index contributed by atoms with van der Waals surface area (Å²) in [4.78, 5) is 13.9. The summed E-state index contributed by atoms with van der Waals surface area (Å²) in [5.74, 6) is 1.46. The lowest BCUT2D eigenvalue weighted by Gasteiger charge is -2.27. The van der Waals surface area contributed by atoms with Gasteiger partial charge in [0.05, 0.1) is 0 Å². The molecule has 2 nitrogen and oxygen atoms in total. The van der Waals surface area contributed by atoms with Crippen LogP contribution in [0.25, 0.3) is 0 Å². The van der Waals surface area contributed by atoms with Crippen LogP contribution in [0.15, 0.2) is 0 Å². The van der Waals surface area contributed by atoms with Gasteiger partial charge in [-0.3, -0.25) is 4.79 Å². The van der Waals surface area contributed by atoms with E-state index in [0.29, 0.717) is 18.3 Å². The molecule has 15 heavy (non-hydrogen) atoms. The van der Waals surface area contributed by atoms with Gasteiger partial charge in [-0.1, -0.05) is 12.8 Å². The van der Waals surface area contributed by atoms with Gasteiger partial charge in [0.1, 0.15) is 0 Å². The van der Waals surface area contributed by atoms with Gasteiger partial charge >= 0.3 is 0 Å². The molecule has 1 saturated carbocycles. The minimum Gasteiger partial charge on any atom is -0.339 e. The Bertz CT molecular complexity index is 200. The smallest absolute Gasteiger partial charge is 0.223 e. The van der Waals surface area contributed by atoms with Crippen molar-refractivity contribution in [3.8, 4) is 0 Å². The van der Waals surface area contributed by atoms with Gasteiger partial charge < -0.3 is 4.90 Å². The fourth-order valence-electron chi connectivity index (χ4n) is 2.34. The van der Waals surface area contributed by atoms with Crippen LogP contribution in [0, 0.1) is 5.92 Å². The molecule has 1 aliphatic carbocycles. The number of hydrogen-bond donors (Lipinski definition) is 0. The Morgan fingerprint density at radius 3 is 2.47 bits per heavy atom. The zero-order chi connectivity index (χ0) is 11.3. The first-order valence-corrected chi connectivity index (χ1v) is 6.54. The molecule has 1 rings (SSSR count). The zero-order valence-corrected chi connectivity index (χ0v) is 10.6. The van der Waals surface area contributed by atoms with Crippen LogP contribution in [-0.2, 0) is 4.79 Å². The molecule has 1 amide bonds. The number of carbonyl (C=O) groups is 1. The van der Waals surface area contributed by atoms with Crippen molar-refractivity contribution in [3.63, 3.8) is 0 Å². The highest BCUT2D eigenvalue weighted by atomic mass is 35.5. The maximum atomic E-state index is 12.0. The van der Waals surface area contributed by atoms with E-state index in [1.54, 1.807) is 0 Å². The highest BCUT2D eigenvalue weighted by molar-refractivity contribution is 6.18. The van der Waals surface area contributed by atoms with Crippen molar-refractivity contribution in [3.05, 3.63) is 0 Å². The fourth-order valence-corrected chi connectivity index (χ4v) is 2.52. The van der Waals surface area contributed by atoms with E-state index < -0.39 is 0 Å². The third-order valence-corrected chi connectivity index (χ3v) is 3.38. The second kappa shape index (κ2) is 6.37. The minimum atomic E-state index is 0.276. The number of rotatable bonds is 5. The SMILES string of the molecule is CC(C)N(CCCl)C(=O)CC1CCCC1. The van der Waals surface area contributed by atoms with E-state index in [-0.39, 0.29) is 11.9 Å². The van der Waals surface area contributed by atoms with Gasteiger partial charge in [0.15, 0.2) is 0 Å². The average molecular weight is 232 g/mol. The standard InChI is InChI=1S/C12H22ClNO/c1-10(2)14(8-7-13)12(15)9-11-5-3-4-6-11/h10-11H,3-9H2,1-2H3. The minimum absolute atomic E-state index is 0.276. The van der Waals surface area contributed by atoms with Gasteiger partial charge in [-0.2, -0.15) is 0 Å². The van der Waals surface area contributed by atoms with Crippen molar-refractivity contribution < 1.29 is 4.79 Å². The summed E-state index contributed by atoms with van der Waals surface area (Å²) >= 11 is 5.71. The maximum Gasteiger partial charge on any atom is 0.223 e. The van der Waals surface area contributed by atoms with Crippen LogP contribution in [0.2, 0.25) is 0 Å². The molecular formula is C12H22ClNO. The fraction of sp³-hybridized carbons (Fsp3) is 0.917. The lowest BCUT2D eigenvalue weighted by Crippen LogP contribution is -2.39. The summed E-state index contributed by atoms with van der Waals surface area (Å²) in [6, 6.07) is 0.276. The molecule has 0 saturated heterocycles. The third-order valence-electron chi connectivity index (χ3n) is 3.21. The first kappa shape index (κ1) is 12.8. The molecular weight excluding hydrogens is 210 g/mol. The zero-order valence-electron chi connectivity index (χ0n) is 9.84. The van der Waals surface area contributed by atoms with E-state index in [9.17, 15) is 4.79 Å². The van der Waals surface area contributed by atoms with Gasteiger partial charge in [0.25, 0.3) is 0 Å². The number of hydrogen-bond acceptors (Lipinski definition) is 1. The molecule has 1 fully saturated rings. The maximum absolute atomic E-state index is 12.0. The molecule has 0 aliphatic heterocycles. The van der Waals surface area contributed by atoms with Gasteiger partial charge in [0.2, 0.25) is 5.91 Å². The van der Waals surface area contributed by atoms with Crippen LogP contribution in [0.3, 0.4) is 0 Å². The highest BCUT2D eigenvalue weighted by Gasteiger charge is 2.22. The monoisotopic (exact) mass is 231 g/mol. The Balaban J connectivity index is 2.40. The predicted octanol–water partition coefficient (Wildman–Crippen LogP) is 3.04. The third kappa shape index (κ3) is 4.02. The predicted molar refractivity (Wildman–Crippen MR) is 64.1 cm³/mol. The normalized spacial score (nSPS) is 17.3. The summed E-state index contributed by atoms with van der Waals surface area (Å²) in [7, 11) is 0. The lowest BCUT2D eigenvalue weighted by atomic mass is 10.0. The van der Waals surface area contributed by atoms with Crippen molar-refractivity contribution in [2.45, 2.75) is 52.0 Å². The largest absolute Gasteiger partial charge is 0.339 e. The molecule has 0 heterocycles. The van der Waals surface area contributed by atoms with Crippen LogP contribution < -0.4 is 0 Å². The van der Waals surface area contributed by atoms with Crippen LogP contribution in [0.5, 0.6) is 0 Å². The van der Waals surface area contributed by atoms with Crippen LogP contribution in [0.4, 0.5) is 0 Å². The van der Waals surface area contributed by atoms with Crippen molar-refractivity contribution in [1.29, 1.82) is 0 Å². The summed E-state index contributed by atoms with van der Waals surface area (Å²) in [5.41, 5.74) is 0. The number of nitrogens with zero attached hydrogens (tertiary/aromatic N) is 1. The Morgan fingerprint density at radius 1 is 1.40 bits per heavy atom. The van der Waals surface area contributed by atoms with Crippen molar-refractivity contribution >= 4 is 17.5 Å². The average Bonchev–Trinajstić information content (AvgIpc) is 2.65. The Hall–Kier alpha value is -0.240. The summed E-state index contributed by atoms with van der Waals surface area (Å²) in [6.07, 6.45) is 5.80. The summed E-state index contributed by atoms with van der Waals surface area (Å²) in [5, 5.41) is 0. The van der Waals surface area contributed by atoms with Gasteiger partial charge in [-0.25, -0.2) is 0 Å². The molecule has 0 spiro atoms. The van der Waals surface area contributed by atoms with Gasteiger partial charge in [0, 0.05) is 24.9 Å². The van der Waals surface area contributed by atoms with E-state index in [0.717, 1.165) is 6.42 Å². The molecule has 88 valence electrons. The number of carbonyl (C=O) groups excluding carboxylic acids is 1. The molecule has 0 atom stereocenters. The first-order chi connectivity index (χ1) is 7.15. The second-order valence-electron chi connectivity index (χ2n) is 4.72. The van der Waals surface area contributed by atoms with E-state index in [4.69, 9.17) is 11.6 Å². The second-order valence-corrected chi connectivity index (χ2v) is 5.10. The van der Waals surface area contributed by atoms with Gasteiger partial charge in [-0.05, 0) is 32.6 Å². The topological polar surface area (TPSA) is 20.3 Å². The Labute approximate surface area is 98.0 Å². The number of amides is 1. The quantitative estimate of drug-likeness (QED) is 0.666. The van der Waals surface area contributed by atoms with Crippen LogP contribution in [-0.4, -0.2) is 29.3 Å². The molecule has 0 N–H and O–H groups in total. The summed E-state index contributed by atoms with van der Waals surface area (Å²) in [6.45, 7) is 4.79. The molecule has 0 aromatic carbocycles. The molecule has 0 aromatic heterocycles. The summed E-state index contributed by atoms with van der Waals surface area (Å²) < 4.78 is 0. The molecule has 0 radical (unpaired) electrons. The van der Waals surface area contributed by atoms with Crippen LogP contribution in [0.1, 0.15) is 46.0 Å². The van der Waals surface area contributed by atoms with E-state index in [1.165, 1.54) is 25.7 Å². The molecule has 0 bridgehead atoms. The van der Waals surface area contributed by atoms with E-state index in [2.05, 4.69) is 13.8 Å². The first-order valence-electron chi connectivity index (χ1n) is 6.00. The Morgan fingerprint density at radius 2 is 2.00 bits per heavy atom. The van der Waals surface area contributed by atoms with E-state index >= 15 is 0 Å². The molecule has 3 heteroatoms. The molecule has 0 unspecified atom stereocenters. The Kier molecular flexibility index (Phi) is 5.44. The van der Waals surface area contributed by atoms with Crippen molar-refractivity contribution in [1.82, 2.24) is 4.90 Å². The number of alkyl halides is 1. The number of halogens is 1. The van der Waals surface area contributed by atoms with Crippen molar-refractivity contribution in [2.75, 3.05) is 12.4 Å². The highest BCUT2D eigenvalue weighted by Crippen LogP contribution is 2.28. The van der Waals surface area contributed by atoms with E-state index in [1.807, 2.05) is 4.90 Å². The van der Waals surface area contributed by atoms with Gasteiger partial charge in [-0.15, -0.1) is 11.6 Å². The van der Waals surface area contributed by atoms with Crippen molar-refractivity contribution in [2.24, 2.45) is 5.92 Å². The lowest BCUT2D eigenvalue weighted by molar-refractivity contribution is -0.133. The molecule has 0 aromatic rings. The molecule has 1 aliphatic rings. The van der Waals surface area contributed by atoms with Crippen LogP contribution >= 0.6 is 11.6 Å².